The van der Waals surface area contributed by atoms with Crippen molar-refractivity contribution in [2.75, 3.05) is 13.1 Å². The van der Waals surface area contributed by atoms with Crippen LogP contribution < -0.4 is 10.1 Å². The third-order valence-corrected chi connectivity index (χ3v) is 2.45. The molecule has 94 valence electrons. The number of rotatable bonds is 2. The zero-order valence-electron chi connectivity index (χ0n) is 9.00. The van der Waals surface area contributed by atoms with Crippen LogP contribution in [0.4, 0.5) is 13.2 Å². The number of alkyl halides is 3. The van der Waals surface area contributed by atoms with E-state index in [0.29, 0.717) is 6.54 Å². The molecule has 0 radical (unpaired) electrons. The minimum atomic E-state index is -4.47. The van der Waals surface area contributed by atoms with Gasteiger partial charge in [0, 0.05) is 12.7 Å². The Morgan fingerprint density at radius 1 is 1.41 bits per heavy atom. The van der Waals surface area contributed by atoms with Crippen LogP contribution in [0, 0.1) is 0 Å². The van der Waals surface area contributed by atoms with Crippen LogP contribution in [0.25, 0.3) is 0 Å². The van der Waals surface area contributed by atoms with Crippen molar-refractivity contribution in [1.82, 2.24) is 15.3 Å². The Hall–Kier alpha value is -1.37. The van der Waals surface area contributed by atoms with Gasteiger partial charge in [-0.05, 0) is 25.5 Å². The van der Waals surface area contributed by atoms with Crippen molar-refractivity contribution in [3.05, 3.63) is 18.0 Å². The second kappa shape index (κ2) is 4.87. The zero-order chi connectivity index (χ0) is 12.3. The lowest BCUT2D eigenvalue weighted by atomic mass is 10.1. The van der Waals surface area contributed by atoms with E-state index in [-0.39, 0.29) is 12.1 Å². The molecule has 2 heterocycles. The molecule has 0 bridgehead atoms. The smallest absolute Gasteiger partial charge is 0.433 e. The van der Waals surface area contributed by atoms with Gasteiger partial charge in [0.05, 0.1) is 0 Å². The van der Waals surface area contributed by atoms with Gasteiger partial charge in [0.25, 0.3) is 0 Å². The van der Waals surface area contributed by atoms with Gasteiger partial charge in [-0.15, -0.1) is 0 Å². The summed E-state index contributed by atoms with van der Waals surface area (Å²) in [5, 5.41) is 3.10. The van der Waals surface area contributed by atoms with Crippen molar-refractivity contribution in [3.63, 3.8) is 0 Å². The van der Waals surface area contributed by atoms with Gasteiger partial charge in [0.2, 0.25) is 0 Å². The topological polar surface area (TPSA) is 47.0 Å². The molecule has 0 saturated carbocycles. The van der Waals surface area contributed by atoms with E-state index < -0.39 is 11.9 Å². The van der Waals surface area contributed by atoms with Gasteiger partial charge in [-0.2, -0.15) is 18.2 Å². The van der Waals surface area contributed by atoms with E-state index in [0.717, 1.165) is 31.6 Å². The van der Waals surface area contributed by atoms with E-state index in [2.05, 4.69) is 15.3 Å². The maximum Gasteiger partial charge on any atom is 0.433 e. The number of nitrogens with one attached hydrogen (secondary N) is 1. The molecule has 0 unspecified atom stereocenters. The lowest BCUT2D eigenvalue weighted by Gasteiger charge is -2.22. The first kappa shape index (κ1) is 12.1. The number of piperidine rings is 1. The summed E-state index contributed by atoms with van der Waals surface area (Å²) in [5.74, 6) is 0. The summed E-state index contributed by atoms with van der Waals surface area (Å²) in [7, 11) is 0. The Morgan fingerprint density at radius 3 is 2.88 bits per heavy atom. The summed E-state index contributed by atoms with van der Waals surface area (Å²) in [6, 6.07) is 0.611. The van der Waals surface area contributed by atoms with Crippen molar-refractivity contribution in [2.45, 2.75) is 25.1 Å². The van der Waals surface area contributed by atoms with Crippen molar-refractivity contribution < 1.29 is 17.9 Å². The maximum atomic E-state index is 12.4. The van der Waals surface area contributed by atoms with Crippen LogP contribution in [-0.4, -0.2) is 29.2 Å². The van der Waals surface area contributed by atoms with Gasteiger partial charge in [0.15, 0.2) is 5.69 Å². The van der Waals surface area contributed by atoms with Crippen molar-refractivity contribution in [3.8, 4) is 6.01 Å². The van der Waals surface area contributed by atoms with Gasteiger partial charge in [-0.3, -0.25) is 0 Å². The van der Waals surface area contributed by atoms with Gasteiger partial charge in [-0.1, -0.05) is 0 Å². The molecule has 4 nitrogen and oxygen atoms in total. The molecule has 1 aliphatic rings. The zero-order valence-corrected chi connectivity index (χ0v) is 9.00. The third-order valence-electron chi connectivity index (χ3n) is 2.45. The van der Waals surface area contributed by atoms with E-state index >= 15 is 0 Å². The Morgan fingerprint density at radius 2 is 2.24 bits per heavy atom. The summed E-state index contributed by atoms with van der Waals surface area (Å²) >= 11 is 0. The minimum absolute atomic E-state index is 0.160. The second-order valence-electron chi connectivity index (χ2n) is 3.81. The van der Waals surface area contributed by atoms with Crippen molar-refractivity contribution in [2.24, 2.45) is 0 Å². The molecular formula is C10H12F3N3O. The molecule has 1 aromatic heterocycles. The van der Waals surface area contributed by atoms with Crippen molar-refractivity contribution in [1.29, 1.82) is 0 Å². The lowest BCUT2D eigenvalue weighted by molar-refractivity contribution is -0.141. The Balaban J connectivity index is 2.05. The highest BCUT2D eigenvalue weighted by Gasteiger charge is 2.33. The molecule has 0 spiro atoms. The molecule has 1 N–H and O–H groups in total. The fourth-order valence-electron chi connectivity index (χ4n) is 1.62. The summed E-state index contributed by atoms with van der Waals surface area (Å²) in [6.45, 7) is 1.52. The van der Waals surface area contributed by atoms with Gasteiger partial charge in [0.1, 0.15) is 6.10 Å². The normalized spacial score (nSPS) is 21.2. The van der Waals surface area contributed by atoms with Crippen LogP contribution in [0.5, 0.6) is 6.01 Å². The molecule has 1 atom stereocenters. The highest BCUT2D eigenvalue weighted by atomic mass is 19.4. The second-order valence-corrected chi connectivity index (χ2v) is 3.81. The molecule has 2 rings (SSSR count). The molecule has 1 fully saturated rings. The standard InChI is InChI=1S/C10H12F3N3O/c11-10(12,13)8-3-5-15-9(16-8)17-7-2-1-4-14-6-7/h3,5,7,14H,1-2,4,6H2/t7-/m0/s1. The number of aromatic nitrogens is 2. The predicted molar refractivity (Wildman–Crippen MR) is 53.6 cm³/mol. The van der Waals surface area contributed by atoms with Crippen molar-refractivity contribution >= 4 is 0 Å². The van der Waals surface area contributed by atoms with E-state index in [1.807, 2.05) is 0 Å². The van der Waals surface area contributed by atoms with Crippen LogP contribution in [0.1, 0.15) is 18.5 Å². The number of halogens is 3. The molecule has 17 heavy (non-hydrogen) atoms. The fraction of sp³-hybridized carbons (Fsp3) is 0.600. The highest BCUT2D eigenvalue weighted by Crippen LogP contribution is 2.28. The molecule has 7 heteroatoms. The van der Waals surface area contributed by atoms with E-state index in [4.69, 9.17) is 4.74 Å². The highest BCUT2D eigenvalue weighted by molar-refractivity contribution is 5.09. The van der Waals surface area contributed by atoms with E-state index in [9.17, 15) is 13.2 Å². The predicted octanol–water partition coefficient (Wildman–Crippen LogP) is 1.63. The Bertz CT molecular complexity index is 377. The van der Waals surface area contributed by atoms with Crippen LogP contribution in [0.15, 0.2) is 12.3 Å². The first-order valence-corrected chi connectivity index (χ1v) is 5.33. The summed E-state index contributed by atoms with van der Waals surface area (Å²) in [6.07, 6.45) is -1.84. The summed E-state index contributed by atoms with van der Waals surface area (Å²) < 4.78 is 42.5. The number of hydrogen-bond acceptors (Lipinski definition) is 4. The molecule has 0 aliphatic carbocycles. The largest absolute Gasteiger partial charge is 0.459 e. The molecule has 1 aliphatic heterocycles. The molecular weight excluding hydrogens is 235 g/mol. The first-order valence-electron chi connectivity index (χ1n) is 5.33. The lowest BCUT2D eigenvalue weighted by Crippen LogP contribution is -2.37. The summed E-state index contributed by atoms with van der Waals surface area (Å²) in [4.78, 5) is 7.04. The van der Waals surface area contributed by atoms with Crippen LogP contribution in [0.2, 0.25) is 0 Å². The molecule has 1 aromatic rings. The van der Waals surface area contributed by atoms with E-state index in [1.54, 1.807) is 0 Å². The van der Waals surface area contributed by atoms with Gasteiger partial charge in [-0.25, -0.2) is 4.98 Å². The van der Waals surface area contributed by atoms with Crippen LogP contribution in [0.3, 0.4) is 0 Å². The van der Waals surface area contributed by atoms with Crippen LogP contribution >= 0.6 is 0 Å². The monoisotopic (exact) mass is 247 g/mol. The SMILES string of the molecule is FC(F)(F)c1ccnc(O[C@H]2CCCNC2)n1. The van der Waals surface area contributed by atoms with E-state index in [1.165, 1.54) is 0 Å². The molecule has 0 aromatic carbocycles. The van der Waals surface area contributed by atoms with Gasteiger partial charge >= 0.3 is 12.2 Å². The molecule has 1 saturated heterocycles. The fourth-order valence-corrected chi connectivity index (χ4v) is 1.62. The quantitative estimate of drug-likeness (QED) is 0.862. The van der Waals surface area contributed by atoms with Crippen LogP contribution in [-0.2, 0) is 6.18 Å². The number of nitrogens with zero attached hydrogens (tertiary/aromatic N) is 2. The average molecular weight is 247 g/mol. The Labute approximate surface area is 96.2 Å². The third kappa shape index (κ3) is 3.29. The first-order chi connectivity index (χ1) is 8.05. The maximum absolute atomic E-state index is 12.4. The molecule has 0 amide bonds. The summed E-state index contributed by atoms with van der Waals surface area (Å²) in [5.41, 5.74) is -0.980. The van der Waals surface area contributed by atoms with Gasteiger partial charge < -0.3 is 10.1 Å². The minimum Gasteiger partial charge on any atom is -0.459 e. The number of ether oxygens (including phenoxy) is 1. The Kier molecular flexibility index (Phi) is 3.46. The average Bonchev–Trinajstić information content (AvgIpc) is 2.29. The number of hydrogen-bond donors (Lipinski definition) is 1.